The number of carbonyl (C=O) groups is 2. The van der Waals surface area contributed by atoms with Crippen molar-refractivity contribution in [3.63, 3.8) is 0 Å². The molecule has 1 N–H and O–H groups in total. The van der Waals surface area contributed by atoms with Gasteiger partial charge in [0.1, 0.15) is 5.00 Å². The van der Waals surface area contributed by atoms with Crippen molar-refractivity contribution in [1.82, 2.24) is 14.8 Å². The third kappa shape index (κ3) is 5.26. The molecule has 178 valence electrons. The number of thioether (sulfide) groups is 1. The zero-order valence-electron chi connectivity index (χ0n) is 19.4. The molecule has 4 rings (SSSR count). The molecule has 7 nitrogen and oxygen atoms in total. The molecule has 0 aliphatic heterocycles. The summed E-state index contributed by atoms with van der Waals surface area (Å²) in [5.74, 6) is 0.876. The predicted molar refractivity (Wildman–Crippen MR) is 136 cm³/mol. The van der Waals surface area contributed by atoms with Crippen molar-refractivity contribution >= 4 is 40.0 Å². The van der Waals surface area contributed by atoms with Gasteiger partial charge in [0.15, 0.2) is 11.0 Å². The highest BCUT2D eigenvalue weighted by molar-refractivity contribution is 7.99. The van der Waals surface area contributed by atoms with Crippen molar-refractivity contribution in [3.8, 4) is 11.4 Å². The van der Waals surface area contributed by atoms with E-state index in [1.807, 2.05) is 34.9 Å². The number of benzene rings is 1. The summed E-state index contributed by atoms with van der Waals surface area (Å²) in [6.45, 7) is 8.66. The Hall–Kier alpha value is -2.91. The highest BCUT2D eigenvalue weighted by Gasteiger charge is 2.29. The Bertz CT molecular complexity index is 1190. The van der Waals surface area contributed by atoms with Crippen LogP contribution in [0.2, 0.25) is 0 Å². The van der Waals surface area contributed by atoms with Gasteiger partial charge in [-0.15, -0.1) is 28.1 Å². The quantitative estimate of drug-likeness (QED) is 0.248. The minimum absolute atomic E-state index is 0.144. The Morgan fingerprint density at radius 1 is 1.32 bits per heavy atom. The van der Waals surface area contributed by atoms with Crippen LogP contribution in [0, 0.1) is 5.92 Å². The predicted octanol–water partition coefficient (Wildman–Crippen LogP) is 5.22. The molecule has 1 aliphatic carbocycles. The SMILES string of the molecule is C=CCn1c(SCC(=O)Nc2sc3c(c2C(=O)OCC)CCC(C)C3)nnc1-c1ccccc1. The van der Waals surface area contributed by atoms with E-state index in [1.165, 1.54) is 28.0 Å². The van der Waals surface area contributed by atoms with Crippen LogP contribution in [0.15, 0.2) is 48.1 Å². The van der Waals surface area contributed by atoms with Gasteiger partial charge in [-0.05, 0) is 37.7 Å². The van der Waals surface area contributed by atoms with Crippen molar-refractivity contribution in [3.05, 3.63) is 59.0 Å². The summed E-state index contributed by atoms with van der Waals surface area (Å²) in [4.78, 5) is 26.7. The summed E-state index contributed by atoms with van der Waals surface area (Å²) in [5, 5.41) is 12.8. The van der Waals surface area contributed by atoms with Crippen LogP contribution in [0.25, 0.3) is 11.4 Å². The molecule has 1 atom stereocenters. The van der Waals surface area contributed by atoms with Gasteiger partial charge in [0.25, 0.3) is 0 Å². The largest absolute Gasteiger partial charge is 0.462 e. The van der Waals surface area contributed by atoms with E-state index in [-0.39, 0.29) is 17.6 Å². The van der Waals surface area contributed by atoms with E-state index in [0.717, 1.165) is 36.2 Å². The number of amides is 1. The Balaban J connectivity index is 1.50. The lowest BCUT2D eigenvalue weighted by Gasteiger charge is -2.18. The number of aromatic nitrogens is 3. The summed E-state index contributed by atoms with van der Waals surface area (Å²) in [7, 11) is 0. The average Bonchev–Trinajstić information content (AvgIpc) is 3.39. The topological polar surface area (TPSA) is 86.1 Å². The Kier molecular flexibility index (Phi) is 7.84. The number of allylic oxidation sites excluding steroid dienone is 1. The number of hydrogen-bond donors (Lipinski definition) is 1. The number of nitrogens with one attached hydrogen (secondary N) is 1. The second kappa shape index (κ2) is 11.0. The number of nitrogens with zero attached hydrogens (tertiary/aromatic N) is 3. The molecule has 0 saturated heterocycles. The minimum Gasteiger partial charge on any atom is -0.462 e. The molecule has 1 aromatic carbocycles. The van der Waals surface area contributed by atoms with E-state index in [1.54, 1.807) is 13.0 Å². The molecule has 2 heterocycles. The lowest BCUT2D eigenvalue weighted by molar-refractivity contribution is -0.113. The zero-order valence-corrected chi connectivity index (χ0v) is 21.0. The average molecular weight is 497 g/mol. The molecule has 3 aromatic rings. The summed E-state index contributed by atoms with van der Waals surface area (Å²) in [6, 6.07) is 9.80. The van der Waals surface area contributed by atoms with Gasteiger partial charge in [-0.2, -0.15) is 0 Å². The molecule has 34 heavy (non-hydrogen) atoms. The standard InChI is InChI=1S/C25H28N4O3S2/c1-4-13-29-22(17-9-7-6-8-10-17)27-28-25(29)33-15-20(30)26-23-21(24(31)32-5-2)18-12-11-16(3)14-19(18)34-23/h4,6-10,16H,1,5,11-15H2,2-3H3,(H,26,30). The number of hydrogen-bond acceptors (Lipinski definition) is 7. The van der Waals surface area contributed by atoms with Crippen molar-refractivity contribution in [2.45, 2.75) is 44.8 Å². The number of esters is 1. The summed E-state index contributed by atoms with van der Waals surface area (Å²) in [6.07, 6.45) is 4.56. The van der Waals surface area contributed by atoms with Gasteiger partial charge in [-0.3, -0.25) is 9.36 Å². The summed E-state index contributed by atoms with van der Waals surface area (Å²) in [5.41, 5.74) is 2.50. The molecule has 0 radical (unpaired) electrons. The highest BCUT2D eigenvalue weighted by atomic mass is 32.2. The monoisotopic (exact) mass is 496 g/mol. The van der Waals surface area contributed by atoms with E-state index in [4.69, 9.17) is 4.74 Å². The summed E-state index contributed by atoms with van der Waals surface area (Å²) < 4.78 is 7.24. The summed E-state index contributed by atoms with van der Waals surface area (Å²) >= 11 is 2.80. The first-order valence-electron chi connectivity index (χ1n) is 11.4. The number of ether oxygens (including phenoxy) is 1. The number of rotatable bonds is 9. The van der Waals surface area contributed by atoms with Crippen molar-refractivity contribution in [2.24, 2.45) is 5.92 Å². The van der Waals surface area contributed by atoms with Crippen molar-refractivity contribution in [2.75, 3.05) is 17.7 Å². The van der Waals surface area contributed by atoms with Gasteiger partial charge < -0.3 is 10.1 Å². The maximum absolute atomic E-state index is 12.9. The van der Waals surface area contributed by atoms with E-state index in [0.29, 0.717) is 34.8 Å². The zero-order chi connectivity index (χ0) is 24.1. The van der Waals surface area contributed by atoms with Gasteiger partial charge in [-0.25, -0.2) is 4.79 Å². The molecule has 1 amide bonds. The maximum Gasteiger partial charge on any atom is 0.341 e. The fraction of sp³-hybridized carbons (Fsp3) is 0.360. The van der Waals surface area contributed by atoms with Crippen LogP contribution in [0.1, 0.15) is 41.1 Å². The number of thiophene rings is 1. The molecule has 1 unspecified atom stereocenters. The Labute approximate surface area is 207 Å². The number of anilines is 1. The molecule has 1 aliphatic rings. The van der Waals surface area contributed by atoms with E-state index in [2.05, 4.69) is 29.0 Å². The van der Waals surface area contributed by atoms with Crippen LogP contribution in [-0.4, -0.2) is 39.0 Å². The number of carbonyl (C=O) groups excluding carboxylic acids is 2. The first kappa shape index (κ1) is 24.2. The van der Waals surface area contributed by atoms with Gasteiger partial charge in [0.2, 0.25) is 5.91 Å². The highest BCUT2D eigenvalue weighted by Crippen LogP contribution is 2.40. The van der Waals surface area contributed by atoms with Crippen molar-refractivity contribution < 1.29 is 14.3 Å². The first-order valence-corrected chi connectivity index (χ1v) is 13.2. The molecule has 2 aromatic heterocycles. The molecular weight excluding hydrogens is 468 g/mol. The van der Waals surface area contributed by atoms with Gasteiger partial charge in [0.05, 0.1) is 17.9 Å². The molecule has 0 spiro atoms. The fourth-order valence-electron chi connectivity index (χ4n) is 4.04. The molecule has 9 heteroatoms. The normalized spacial score (nSPS) is 14.9. The van der Waals surface area contributed by atoms with Gasteiger partial charge in [0, 0.05) is 17.0 Å². The smallest absolute Gasteiger partial charge is 0.341 e. The van der Waals surface area contributed by atoms with Crippen LogP contribution in [0.5, 0.6) is 0 Å². The van der Waals surface area contributed by atoms with Crippen molar-refractivity contribution in [1.29, 1.82) is 0 Å². The van der Waals surface area contributed by atoms with Gasteiger partial charge in [-0.1, -0.05) is 55.1 Å². The maximum atomic E-state index is 12.9. The third-order valence-electron chi connectivity index (χ3n) is 5.64. The van der Waals surface area contributed by atoms with E-state index < -0.39 is 0 Å². The molecule has 0 saturated carbocycles. The fourth-order valence-corrected chi connectivity index (χ4v) is 6.20. The second-order valence-electron chi connectivity index (χ2n) is 8.18. The second-order valence-corrected chi connectivity index (χ2v) is 10.2. The van der Waals surface area contributed by atoms with Crippen LogP contribution in [-0.2, 0) is 28.9 Å². The first-order chi connectivity index (χ1) is 16.5. The van der Waals surface area contributed by atoms with Crippen LogP contribution < -0.4 is 5.32 Å². The molecular formula is C25H28N4O3S2. The van der Waals surface area contributed by atoms with Crippen LogP contribution in [0.3, 0.4) is 0 Å². The van der Waals surface area contributed by atoms with E-state index >= 15 is 0 Å². The third-order valence-corrected chi connectivity index (χ3v) is 7.77. The Morgan fingerprint density at radius 3 is 2.85 bits per heavy atom. The molecule has 0 bridgehead atoms. The lowest BCUT2D eigenvalue weighted by Crippen LogP contribution is -2.18. The minimum atomic E-state index is -0.365. The van der Waals surface area contributed by atoms with Crippen LogP contribution in [0.4, 0.5) is 5.00 Å². The number of fused-ring (bicyclic) bond motifs is 1. The Morgan fingerprint density at radius 2 is 2.12 bits per heavy atom. The lowest BCUT2D eigenvalue weighted by atomic mass is 9.88. The molecule has 0 fully saturated rings. The van der Waals surface area contributed by atoms with E-state index in [9.17, 15) is 9.59 Å². The van der Waals surface area contributed by atoms with Crippen LogP contribution >= 0.6 is 23.1 Å². The van der Waals surface area contributed by atoms with Gasteiger partial charge >= 0.3 is 5.97 Å².